The van der Waals surface area contributed by atoms with Crippen LogP contribution in [-0.4, -0.2) is 15.9 Å². The van der Waals surface area contributed by atoms with Crippen molar-refractivity contribution in [3.05, 3.63) is 57.0 Å². The molecule has 1 N–H and O–H groups in total. The summed E-state index contributed by atoms with van der Waals surface area (Å²) in [7, 11) is 0. The molecule has 0 unspecified atom stereocenters. The molecule has 0 saturated heterocycles. The summed E-state index contributed by atoms with van der Waals surface area (Å²) < 4.78 is 5.74. The van der Waals surface area contributed by atoms with Crippen molar-refractivity contribution in [1.82, 2.24) is 9.97 Å². The summed E-state index contributed by atoms with van der Waals surface area (Å²) >= 11 is 3.15. The van der Waals surface area contributed by atoms with Gasteiger partial charge in [0.25, 0.3) is 5.91 Å². The van der Waals surface area contributed by atoms with Crippen molar-refractivity contribution in [1.29, 1.82) is 0 Å². The van der Waals surface area contributed by atoms with Crippen LogP contribution in [0, 0.1) is 0 Å². The standard InChI is InChI=1S/C20H21N3O2S2/c24-19(23-20-22-17-8-3-1-2-4-9-18(17)27-20)14-6-5-7-16(10-14)25-11-15-12-26-13-21-15/h5-7,10,12-13H,1-4,8-9,11H2,(H,22,23,24). The normalized spacial score (nSPS) is 14.1. The lowest BCUT2D eigenvalue weighted by atomic mass is 10.0. The predicted octanol–water partition coefficient (Wildman–Crippen LogP) is 5.09. The number of ether oxygens (including phenoxy) is 1. The summed E-state index contributed by atoms with van der Waals surface area (Å²) in [6, 6.07) is 7.21. The number of amides is 1. The Balaban J connectivity index is 1.42. The van der Waals surface area contributed by atoms with Crippen molar-refractivity contribution < 1.29 is 9.53 Å². The number of benzene rings is 1. The summed E-state index contributed by atoms with van der Waals surface area (Å²) in [5.41, 5.74) is 4.39. The molecule has 0 bridgehead atoms. The number of hydrogen-bond donors (Lipinski definition) is 1. The molecule has 140 valence electrons. The molecule has 0 spiro atoms. The van der Waals surface area contributed by atoms with Crippen LogP contribution < -0.4 is 10.1 Å². The topological polar surface area (TPSA) is 64.1 Å². The first-order valence-corrected chi connectivity index (χ1v) is 10.9. The van der Waals surface area contributed by atoms with Crippen LogP contribution in [0.15, 0.2) is 35.2 Å². The molecule has 1 aromatic carbocycles. The quantitative estimate of drug-likeness (QED) is 0.649. The monoisotopic (exact) mass is 399 g/mol. The minimum absolute atomic E-state index is 0.157. The van der Waals surface area contributed by atoms with E-state index >= 15 is 0 Å². The molecule has 0 aliphatic heterocycles. The largest absolute Gasteiger partial charge is 0.487 e. The third-order valence-electron chi connectivity index (χ3n) is 4.53. The smallest absolute Gasteiger partial charge is 0.257 e. The molecule has 1 aliphatic rings. The van der Waals surface area contributed by atoms with Crippen LogP contribution in [0.2, 0.25) is 0 Å². The Morgan fingerprint density at radius 1 is 1.19 bits per heavy atom. The summed E-state index contributed by atoms with van der Waals surface area (Å²) in [6.07, 6.45) is 7.03. The van der Waals surface area contributed by atoms with E-state index < -0.39 is 0 Å². The number of carbonyl (C=O) groups is 1. The van der Waals surface area contributed by atoms with Crippen molar-refractivity contribution in [2.75, 3.05) is 5.32 Å². The van der Waals surface area contributed by atoms with Crippen molar-refractivity contribution >= 4 is 33.7 Å². The molecular weight excluding hydrogens is 378 g/mol. The maximum absolute atomic E-state index is 12.6. The molecule has 2 aromatic heterocycles. The van der Waals surface area contributed by atoms with Crippen molar-refractivity contribution in [3.63, 3.8) is 0 Å². The number of hydrogen-bond acceptors (Lipinski definition) is 6. The van der Waals surface area contributed by atoms with E-state index in [-0.39, 0.29) is 5.91 Å². The molecule has 0 saturated carbocycles. The Kier molecular flexibility index (Phi) is 5.79. The van der Waals surface area contributed by atoms with Gasteiger partial charge in [0, 0.05) is 15.8 Å². The van der Waals surface area contributed by atoms with Gasteiger partial charge in [0.05, 0.1) is 16.9 Å². The number of aryl methyl sites for hydroxylation is 2. The molecule has 27 heavy (non-hydrogen) atoms. The van der Waals surface area contributed by atoms with Gasteiger partial charge in [0.1, 0.15) is 12.4 Å². The molecule has 0 radical (unpaired) electrons. The summed E-state index contributed by atoms with van der Waals surface area (Å²) in [6.45, 7) is 0.397. The lowest BCUT2D eigenvalue weighted by molar-refractivity contribution is 0.102. The van der Waals surface area contributed by atoms with Crippen LogP contribution in [0.5, 0.6) is 5.75 Å². The van der Waals surface area contributed by atoms with Gasteiger partial charge in [-0.25, -0.2) is 9.97 Å². The number of nitrogens with one attached hydrogen (secondary N) is 1. The number of fused-ring (bicyclic) bond motifs is 1. The van der Waals surface area contributed by atoms with E-state index in [0.29, 0.717) is 23.1 Å². The fourth-order valence-electron chi connectivity index (χ4n) is 3.12. The molecule has 3 aromatic rings. The molecule has 5 nitrogen and oxygen atoms in total. The van der Waals surface area contributed by atoms with E-state index in [4.69, 9.17) is 4.74 Å². The molecule has 4 rings (SSSR count). The lowest BCUT2D eigenvalue weighted by Gasteiger charge is -2.07. The molecule has 7 heteroatoms. The zero-order chi connectivity index (χ0) is 18.5. The molecule has 0 fully saturated rings. The van der Waals surface area contributed by atoms with Crippen LogP contribution in [-0.2, 0) is 19.4 Å². The first-order valence-electron chi connectivity index (χ1n) is 9.18. The number of anilines is 1. The van der Waals surface area contributed by atoms with Gasteiger partial charge in [0.15, 0.2) is 5.13 Å². The number of carbonyl (C=O) groups excluding carboxylic acids is 1. The molecular formula is C20H21N3O2S2. The fourth-order valence-corrected chi connectivity index (χ4v) is 4.71. The van der Waals surface area contributed by atoms with Gasteiger partial charge in [-0.3, -0.25) is 10.1 Å². The Labute approximate surface area is 166 Å². The van der Waals surface area contributed by atoms with E-state index in [1.165, 1.54) is 41.9 Å². The first kappa shape index (κ1) is 18.1. The molecule has 2 heterocycles. The van der Waals surface area contributed by atoms with Gasteiger partial charge in [0.2, 0.25) is 0 Å². The van der Waals surface area contributed by atoms with E-state index in [2.05, 4.69) is 15.3 Å². The van der Waals surface area contributed by atoms with E-state index in [9.17, 15) is 4.79 Å². The first-order chi connectivity index (χ1) is 13.3. The van der Waals surface area contributed by atoms with Gasteiger partial charge in [-0.05, 0) is 43.9 Å². The second kappa shape index (κ2) is 8.63. The number of aromatic nitrogens is 2. The van der Waals surface area contributed by atoms with Crippen LogP contribution in [0.25, 0.3) is 0 Å². The maximum atomic E-state index is 12.6. The molecule has 1 amide bonds. The Hall–Kier alpha value is -2.25. The van der Waals surface area contributed by atoms with Gasteiger partial charge in [-0.1, -0.05) is 18.9 Å². The minimum Gasteiger partial charge on any atom is -0.487 e. The van der Waals surface area contributed by atoms with Crippen molar-refractivity contribution in [3.8, 4) is 5.75 Å². The fraction of sp³-hybridized carbons (Fsp3) is 0.350. The predicted molar refractivity (Wildman–Crippen MR) is 109 cm³/mol. The number of rotatable bonds is 5. The van der Waals surface area contributed by atoms with Crippen LogP contribution >= 0.6 is 22.7 Å². The third kappa shape index (κ3) is 4.73. The van der Waals surface area contributed by atoms with E-state index in [1.54, 1.807) is 29.0 Å². The second-order valence-electron chi connectivity index (χ2n) is 6.55. The van der Waals surface area contributed by atoms with Crippen LogP contribution in [0.1, 0.15) is 52.3 Å². The van der Waals surface area contributed by atoms with E-state index in [0.717, 1.165) is 24.2 Å². The highest BCUT2D eigenvalue weighted by Gasteiger charge is 2.16. The highest BCUT2D eigenvalue weighted by molar-refractivity contribution is 7.15. The van der Waals surface area contributed by atoms with Gasteiger partial charge in [-0.15, -0.1) is 22.7 Å². The highest BCUT2D eigenvalue weighted by atomic mass is 32.1. The highest BCUT2D eigenvalue weighted by Crippen LogP contribution is 2.29. The number of nitrogens with zero attached hydrogens (tertiary/aromatic N) is 2. The minimum atomic E-state index is -0.157. The van der Waals surface area contributed by atoms with Gasteiger partial charge in [-0.2, -0.15) is 0 Å². The van der Waals surface area contributed by atoms with Crippen molar-refractivity contribution in [2.24, 2.45) is 0 Å². The second-order valence-corrected chi connectivity index (χ2v) is 8.36. The van der Waals surface area contributed by atoms with Crippen LogP contribution in [0.4, 0.5) is 5.13 Å². The average molecular weight is 400 g/mol. The van der Waals surface area contributed by atoms with Gasteiger partial charge >= 0.3 is 0 Å². The summed E-state index contributed by atoms with van der Waals surface area (Å²) in [5.74, 6) is 0.498. The number of thiazole rings is 2. The average Bonchev–Trinajstić information content (AvgIpc) is 3.30. The SMILES string of the molecule is O=C(Nc1nc2c(s1)CCCCCC2)c1cccc(OCc2cscn2)c1. The van der Waals surface area contributed by atoms with Gasteiger partial charge < -0.3 is 4.74 Å². The Morgan fingerprint density at radius 3 is 2.93 bits per heavy atom. The maximum Gasteiger partial charge on any atom is 0.257 e. The summed E-state index contributed by atoms with van der Waals surface area (Å²) in [4.78, 5) is 22.8. The van der Waals surface area contributed by atoms with Crippen molar-refractivity contribution in [2.45, 2.75) is 45.1 Å². The van der Waals surface area contributed by atoms with E-state index in [1.807, 2.05) is 17.5 Å². The molecule has 0 atom stereocenters. The third-order valence-corrected chi connectivity index (χ3v) is 6.24. The lowest BCUT2D eigenvalue weighted by Crippen LogP contribution is -2.12. The zero-order valence-electron chi connectivity index (χ0n) is 14.9. The molecule has 1 aliphatic carbocycles. The van der Waals surface area contributed by atoms with Crippen LogP contribution in [0.3, 0.4) is 0 Å². The Bertz CT molecular complexity index is 880. The Morgan fingerprint density at radius 2 is 2.07 bits per heavy atom. The summed E-state index contributed by atoms with van der Waals surface area (Å²) in [5, 5.41) is 5.60. The zero-order valence-corrected chi connectivity index (χ0v) is 16.6.